The summed E-state index contributed by atoms with van der Waals surface area (Å²) in [5.41, 5.74) is 11.1. The maximum atomic E-state index is 6.46. The fourth-order valence-corrected chi connectivity index (χ4v) is 2.42. The number of para-hydroxylation sites is 1. The number of nitrogens with two attached hydrogens (primary N) is 1. The molecule has 0 radical (unpaired) electrons. The molecule has 2 nitrogen and oxygen atoms in total. The average molecular weight is 269 g/mol. The number of hydrogen-bond acceptors (Lipinski definition) is 2. The van der Waals surface area contributed by atoms with E-state index >= 15 is 0 Å². The lowest BCUT2D eigenvalue weighted by Gasteiger charge is -2.19. The van der Waals surface area contributed by atoms with E-state index in [-0.39, 0.29) is 6.04 Å². The average Bonchev–Trinajstić information content (AvgIpc) is 2.45. The Morgan fingerprint density at radius 2 is 1.80 bits per heavy atom. The van der Waals surface area contributed by atoms with Crippen molar-refractivity contribution in [3.05, 3.63) is 64.7 Å². The fourth-order valence-electron chi connectivity index (χ4n) is 2.42. The van der Waals surface area contributed by atoms with Gasteiger partial charge in [0.1, 0.15) is 5.75 Å². The summed E-state index contributed by atoms with van der Waals surface area (Å²) >= 11 is 0. The summed E-state index contributed by atoms with van der Waals surface area (Å²) in [5.74, 6) is 0.891. The molecule has 2 heteroatoms. The van der Waals surface area contributed by atoms with E-state index in [0.717, 1.165) is 29.9 Å². The Hall–Kier alpha value is -1.80. The molecule has 0 aromatic heterocycles. The van der Waals surface area contributed by atoms with Crippen LogP contribution in [0.3, 0.4) is 0 Å². The summed E-state index contributed by atoms with van der Waals surface area (Å²) in [6.07, 6.45) is 0.993. The minimum absolute atomic E-state index is 0.149. The van der Waals surface area contributed by atoms with Crippen LogP contribution in [0.2, 0.25) is 0 Å². The molecule has 2 rings (SSSR count). The van der Waals surface area contributed by atoms with Gasteiger partial charge in [-0.2, -0.15) is 0 Å². The third kappa shape index (κ3) is 3.20. The van der Waals surface area contributed by atoms with E-state index in [0.29, 0.717) is 0 Å². The summed E-state index contributed by atoms with van der Waals surface area (Å²) in [7, 11) is 0. The van der Waals surface area contributed by atoms with Crippen LogP contribution in [0.15, 0.2) is 42.5 Å². The molecule has 1 unspecified atom stereocenters. The Labute approximate surface area is 121 Å². The van der Waals surface area contributed by atoms with Gasteiger partial charge in [-0.1, -0.05) is 48.9 Å². The summed E-state index contributed by atoms with van der Waals surface area (Å²) in [6, 6.07) is 14.3. The first-order valence-corrected chi connectivity index (χ1v) is 7.18. The molecular formula is C18H23NO. The molecule has 0 aliphatic carbocycles. The standard InChI is InChI=1S/C18H23NO/c1-4-11-20-17-8-6-5-7-16(17)18(19)15-10-9-13(2)12-14(15)3/h5-10,12,18H,4,11,19H2,1-3H3. The molecule has 0 aliphatic rings. The monoisotopic (exact) mass is 269 g/mol. The van der Waals surface area contributed by atoms with Gasteiger partial charge in [0.25, 0.3) is 0 Å². The van der Waals surface area contributed by atoms with Crippen LogP contribution in [0.1, 0.15) is 41.6 Å². The molecule has 0 saturated heterocycles. The van der Waals surface area contributed by atoms with Gasteiger partial charge in [-0.25, -0.2) is 0 Å². The Morgan fingerprint density at radius 1 is 1.05 bits per heavy atom. The van der Waals surface area contributed by atoms with Crippen LogP contribution in [-0.4, -0.2) is 6.61 Å². The van der Waals surface area contributed by atoms with E-state index in [1.54, 1.807) is 0 Å². The van der Waals surface area contributed by atoms with Crippen LogP contribution in [0.4, 0.5) is 0 Å². The van der Waals surface area contributed by atoms with Gasteiger partial charge in [0.15, 0.2) is 0 Å². The first-order chi connectivity index (χ1) is 9.63. The van der Waals surface area contributed by atoms with E-state index in [1.807, 2.05) is 18.2 Å². The predicted octanol–water partition coefficient (Wildman–Crippen LogP) is 4.14. The SMILES string of the molecule is CCCOc1ccccc1C(N)c1ccc(C)cc1C. The lowest BCUT2D eigenvalue weighted by molar-refractivity contribution is 0.313. The molecule has 0 aliphatic heterocycles. The minimum Gasteiger partial charge on any atom is -0.493 e. The molecule has 0 fully saturated rings. The van der Waals surface area contributed by atoms with E-state index in [1.165, 1.54) is 11.1 Å². The van der Waals surface area contributed by atoms with Crippen LogP contribution in [-0.2, 0) is 0 Å². The number of ether oxygens (including phenoxy) is 1. The van der Waals surface area contributed by atoms with Crippen molar-refractivity contribution in [2.45, 2.75) is 33.2 Å². The molecule has 0 spiro atoms. The summed E-state index contributed by atoms with van der Waals surface area (Å²) in [6.45, 7) is 7.03. The minimum atomic E-state index is -0.149. The van der Waals surface area contributed by atoms with Gasteiger partial charge < -0.3 is 10.5 Å². The highest BCUT2D eigenvalue weighted by molar-refractivity contribution is 5.44. The summed E-state index contributed by atoms with van der Waals surface area (Å²) in [5, 5.41) is 0. The smallest absolute Gasteiger partial charge is 0.124 e. The molecule has 0 amide bonds. The lowest BCUT2D eigenvalue weighted by atomic mass is 9.94. The first-order valence-electron chi connectivity index (χ1n) is 7.18. The molecule has 0 heterocycles. The second-order valence-electron chi connectivity index (χ2n) is 5.22. The van der Waals surface area contributed by atoms with Crippen LogP contribution in [0, 0.1) is 13.8 Å². The second-order valence-corrected chi connectivity index (χ2v) is 5.22. The maximum absolute atomic E-state index is 6.46. The number of benzene rings is 2. The highest BCUT2D eigenvalue weighted by atomic mass is 16.5. The molecule has 20 heavy (non-hydrogen) atoms. The molecule has 2 N–H and O–H groups in total. The normalized spacial score (nSPS) is 12.2. The van der Waals surface area contributed by atoms with E-state index in [9.17, 15) is 0 Å². The van der Waals surface area contributed by atoms with Crippen LogP contribution >= 0.6 is 0 Å². The Kier molecular flexibility index (Phi) is 4.80. The van der Waals surface area contributed by atoms with Crippen LogP contribution in [0.25, 0.3) is 0 Å². The van der Waals surface area contributed by atoms with Crippen LogP contribution < -0.4 is 10.5 Å². The van der Waals surface area contributed by atoms with Crippen molar-refractivity contribution in [2.75, 3.05) is 6.61 Å². The number of aryl methyl sites for hydroxylation is 2. The van der Waals surface area contributed by atoms with E-state index in [2.05, 4.69) is 45.0 Å². The van der Waals surface area contributed by atoms with E-state index < -0.39 is 0 Å². The van der Waals surface area contributed by atoms with Gasteiger partial charge in [-0.3, -0.25) is 0 Å². The summed E-state index contributed by atoms with van der Waals surface area (Å²) < 4.78 is 5.81. The fraction of sp³-hybridized carbons (Fsp3) is 0.333. The Bertz CT molecular complexity index is 577. The molecule has 2 aromatic carbocycles. The highest BCUT2D eigenvalue weighted by Gasteiger charge is 2.15. The zero-order chi connectivity index (χ0) is 14.5. The number of rotatable bonds is 5. The second kappa shape index (κ2) is 6.58. The molecule has 2 aromatic rings. The predicted molar refractivity (Wildman–Crippen MR) is 84.2 cm³/mol. The van der Waals surface area contributed by atoms with Gasteiger partial charge in [0.05, 0.1) is 12.6 Å². The topological polar surface area (TPSA) is 35.2 Å². The third-order valence-electron chi connectivity index (χ3n) is 3.48. The van der Waals surface area contributed by atoms with Gasteiger partial charge >= 0.3 is 0 Å². The number of hydrogen-bond donors (Lipinski definition) is 1. The largest absolute Gasteiger partial charge is 0.493 e. The van der Waals surface area contributed by atoms with Gasteiger partial charge in [0.2, 0.25) is 0 Å². The molecule has 0 bridgehead atoms. The van der Waals surface area contributed by atoms with Crippen LogP contribution in [0.5, 0.6) is 5.75 Å². The van der Waals surface area contributed by atoms with E-state index in [4.69, 9.17) is 10.5 Å². The summed E-state index contributed by atoms with van der Waals surface area (Å²) in [4.78, 5) is 0. The lowest BCUT2D eigenvalue weighted by Crippen LogP contribution is -2.15. The molecular weight excluding hydrogens is 246 g/mol. The first kappa shape index (κ1) is 14.6. The van der Waals surface area contributed by atoms with Gasteiger partial charge in [-0.15, -0.1) is 0 Å². The van der Waals surface area contributed by atoms with Crippen molar-refractivity contribution >= 4 is 0 Å². The quantitative estimate of drug-likeness (QED) is 0.885. The zero-order valence-electron chi connectivity index (χ0n) is 12.5. The maximum Gasteiger partial charge on any atom is 0.124 e. The van der Waals surface area contributed by atoms with Crippen molar-refractivity contribution in [1.82, 2.24) is 0 Å². The van der Waals surface area contributed by atoms with Crippen molar-refractivity contribution < 1.29 is 4.74 Å². The highest BCUT2D eigenvalue weighted by Crippen LogP contribution is 2.30. The van der Waals surface area contributed by atoms with Crippen molar-refractivity contribution in [1.29, 1.82) is 0 Å². The Morgan fingerprint density at radius 3 is 2.50 bits per heavy atom. The Balaban J connectivity index is 2.35. The van der Waals surface area contributed by atoms with Crippen molar-refractivity contribution in [2.24, 2.45) is 5.73 Å². The van der Waals surface area contributed by atoms with Gasteiger partial charge in [-0.05, 0) is 37.5 Å². The van der Waals surface area contributed by atoms with Gasteiger partial charge in [0, 0.05) is 5.56 Å². The molecule has 1 atom stereocenters. The third-order valence-corrected chi connectivity index (χ3v) is 3.48. The zero-order valence-corrected chi connectivity index (χ0v) is 12.5. The molecule has 0 saturated carbocycles. The van der Waals surface area contributed by atoms with Crippen molar-refractivity contribution in [3.63, 3.8) is 0 Å². The molecule has 106 valence electrons. The van der Waals surface area contributed by atoms with Crippen molar-refractivity contribution in [3.8, 4) is 5.75 Å².